The van der Waals surface area contributed by atoms with Crippen LogP contribution in [0.4, 0.5) is 10.3 Å². The molecule has 11 heteroatoms. The second kappa shape index (κ2) is 9.32. The minimum Gasteiger partial charge on any atom is -0.359 e. The minimum absolute atomic E-state index is 0.0519. The van der Waals surface area contributed by atoms with Gasteiger partial charge in [0.15, 0.2) is 5.82 Å². The summed E-state index contributed by atoms with van der Waals surface area (Å²) in [6.45, 7) is 2.11. The van der Waals surface area contributed by atoms with Crippen molar-refractivity contribution < 1.29 is 18.7 Å². The summed E-state index contributed by atoms with van der Waals surface area (Å²) in [6.07, 6.45) is 0.730. The number of nitrogens with zero attached hydrogens (tertiary/aromatic N) is 4. The normalized spacial score (nSPS) is 20.1. The van der Waals surface area contributed by atoms with E-state index in [1.807, 2.05) is 6.07 Å². The average molecular weight is 451 g/mol. The summed E-state index contributed by atoms with van der Waals surface area (Å²) in [6, 6.07) is 9.57. The van der Waals surface area contributed by atoms with Gasteiger partial charge in [0.1, 0.15) is 12.4 Å². The molecule has 4 rings (SSSR count). The number of amides is 1. The van der Waals surface area contributed by atoms with Crippen LogP contribution in [0.25, 0.3) is 22.6 Å². The number of hydrogen-bond acceptors (Lipinski definition) is 8. The van der Waals surface area contributed by atoms with Crippen molar-refractivity contribution in [1.82, 2.24) is 25.3 Å². The molecule has 170 valence electrons. The van der Waals surface area contributed by atoms with Crippen LogP contribution >= 0.6 is 0 Å². The molecule has 0 radical (unpaired) electrons. The van der Waals surface area contributed by atoms with Gasteiger partial charge in [0, 0.05) is 18.8 Å². The molecule has 1 fully saturated rings. The lowest BCUT2D eigenvalue weighted by atomic mass is 9.91. The molecule has 1 aliphatic rings. The van der Waals surface area contributed by atoms with Gasteiger partial charge >= 0.3 is 0 Å². The van der Waals surface area contributed by atoms with Crippen molar-refractivity contribution in [2.75, 3.05) is 32.1 Å². The zero-order valence-electron chi connectivity index (χ0n) is 18.1. The lowest BCUT2D eigenvalue weighted by Crippen LogP contribution is -2.47. The van der Waals surface area contributed by atoms with E-state index in [0.717, 1.165) is 0 Å². The lowest BCUT2D eigenvalue weighted by Gasteiger charge is -2.34. The number of rotatable bonds is 6. The van der Waals surface area contributed by atoms with Crippen molar-refractivity contribution in [2.45, 2.75) is 13.2 Å². The number of hydrogen-bond donors (Lipinski definition) is 3. The van der Waals surface area contributed by atoms with Crippen molar-refractivity contribution in [3.63, 3.8) is 0 Å². The average Bonchev–Trinajstić information content (AvgIpc) is 3.28. The maximum atomic E-state index is 13.5. The van der Waals surface area contributed by atoms with Gasteiger partial charge in [-0.25, -0.2) is 19.3 Å². The number of aromatic nitrogens is 4. The fourth-order valence-corrected chi connectivity index (χ4v) is 3.41. The number of aromatic amines is 1. The van der Waals surface area contributed by atoms with Crippen molar-refractivity contribution in [1.29, 1.82) is 5.26 Å². The standard InChI is InChI=1S/C22H22FN7O3/c1-22(20(31)25-2)11-32-19(33-12-22)18-29-16(13-3-5-14(23)6-4-13)17(30-18)15-7-9-26-21(28-15)27-10-8-24/h3-7,9,19H,10-12H2,1-2H3,(H,25,31)(H,29,30)(H,26,27,28). The molecule has 1 saturated heterocycles. The Morgan fingerprint density at radius 2 is 2.00 bits per heavy atom. The van der Waals surface area contributed by atoms with E-state index in [2.05, 4.69) is 30.6 Å². The molecule has 1 aliphatic heterocycles. The topological polar surface area (TPSA) is 138 Å². The van der Waals surface area contributed by atoms with Gasteiger partial charge in [0.25, 0.3) is 0 Å². The number of H-pyrrole nitrogens is 1. The van der Waals surface area contributed by atoms with Crippen molar-refractivity contribution in [2.24, 2.45) is 5.41 Å². The minimum atomic E-state index is -0.825. The quantitative estimate of drug-likeness (QED) is 0.486. The molecular weight excluding hydrogens is 429 g/mol. The smallest absolute Gasteiger partial charge is 0.230 e. The van der Waals surface area contributed by atoms with E-state index in [0.29, 0.717) is 28.5 Å². The SMILES string of the molecule is CNC(=O)C1(C)COC(c2nc(-c3ccc(F)cc3)c(-c3ccnc(NCC#N)n3)[nH]2)OC1. The fraction of sp³-hybridized carbons (Fsp3) is 0.318. The number of halogens is 1. The molecule has 2 aromatic heterocycles. The molecule has 3 aromatic rings. The molecule has 3 heterocycles. The third-order valence-electron chi connectivity index (χ3n) is 5.18. The summed E-state index contributed by atoms with van der Waals surface area (Å²) in [7, 11) is 1.56. The number of carbonyl (C=O) groups excluding carboxylic acids is 1. The first-order chi connectivity index (χ1) is 15.9. The first kappa shape index (κ1) is 22.3. The number of nitriles is 1. The van der Waals surface area contributed by atoms with Crippen LogP contribution in [0.15, 0.2) is 36.5 Å². The van der Waals surface area contributed by atoms with Crippen LogP contribution in [-0.4, -0.2) is 52.6 Å². The molecule has 0 saturated carbocycles. The summed E-state index contributed by atoms with van der Waals surface area (Å²) in [5.41, 5.74) is 1.42. The van der Waals surface area contributed by atoms with E-state index >= 15 is 0 Å². The first-order valence-corrected chi connectivity index (χ1v) is 10.2. The molecule has 0 bridgehead atoms. The van der Waals surface area contributed by atoms with E-state index in [1.54, 1.807) is 38.4 Å². The predicted octanol–water partition coefficient (Wildman–Crippen LogP) is 2.41. The summed E-state index contributed by atoms with van der Waals surface area (Å²) in [4.78, 5) is 28.5. The van der Waals surface area contributed by atoms with Gasteiger partial charge in [0.2, 0.25) is 18.1 Å². The third-order valence-corrected chi connectivity index (χ3v) is 5.18. The highest BCUT2D eigenvalue weighted by atomic mass is 19.1. The number of benzene rings is 1. The van der Waals surface area contributed by atoms with Crippen molar-refractivity contribution >= 4 is 11.9 Å². The maximum absolute atomic E-state index is 13.5. The Morgan fingerprint density at radius 1 is 1.27 bits per heavy atom. The largest absolute Gasteiger partial charge is 0.359 e. The van der Waals surface area contributed by atoms with Gasteiger partial charge in [-0.2, -0.15) is 5.26 Å². The predicted molar refractivity (Wildman–Crippen MR) is 116 cm³/mol. The van der Waals surface area contributed by atoms with E-state index in [-0.39, 0.29) is 37.4 Å². The summed E-state index contributed by atoms with van der Waals surface area (Å²) in [5, 5.41) is 14.2. The molecule has 1 aromatic carbocycles. The van der Waals surface area contributed by atoms with Gasteiger partial charge in [-0.3, -0.25) is 4.79 Å². The molecule has 0 unspecified atom stereocenters. The molecule has 1 amide bonds. The molecular formula is C22H22FN7O3. The Bertz CT molecular complexity index is 1180. The second-order valence-corrected chi connectivity index (χ2v) is 7.72. The summed E-state index contributed by atoms with van der Waals surface area (Å²) < 4.78 is 25.1. The number of anilines is 1. The second-order valence-electron chi connectivity index (χ2n) is 7.72. The number of nitrogens with one attached hydrogen (secondary N) is 3. The van der Waals surface area contributed by atoms with Gasteiger partial charge < -0.3 is 25.1 Å². The molecule has 10 nitrogen and oxygen atoms in total. The highest BCUT2D eigenvalue weighted by Gasteiger charge is 2.40. The molecule has 33 heavy (non-hydrogen) atoms. The summed E-state index contributed by atoms with van der Waals surface area (Å²) in [5.74, 6) is 0.121. The molecule has 0 spiro atoms. The van der Waals surface area contributed by atoms with Gasteiger partial charge in [-0.05, 0) is 37.3 Å². The molecule has 0 atom stereocenters. The van der Waals surface area contributed by atoms with Crippen LogP contribution in [0.3, 0.4) is 0 Å². The Hall–Kier alpha value is -3.88. The fourth-order valence-electron chi connectivity index (χ4n) is 3.41. The highest BCUT2D eigenvalue weighted by molar-refractivity contribution is 5.82. The van der Waals surface area contributed by atoms with Crippen molar-refractivity contribution in [3.05, 3.63) is 48.2 Å². The Labute approximate surface area is 189 Å². The zero-order chi connectivity index (χ0) is 23.4. The van der Waals surface area contributed by atoms with Crippen LogP contribution in [0.2, 0.25) is 0 Å². The van der Waals surface area contributed by atoms with Gasteiger partial charge in [0.05, 0.1) is 41.8 Å². The lowest BCUT2D eigenvalue weighted by molar-refractivity contribution is -0.230. The number of carbonyl (C=O) groups is 1. The van der Waals surface area contributed by atoms with Gasteiger partial charge in [-0.15, -0.1) is 0 Å². The summed E-state index contributed by atoms with van der Waals surface area (Å²) >= 11 is 0. The van der Waals surface area contributed by atoms with Crippen LogP contribution in [0.1, 0.15) is 19.0 Å². The van der Waals surface area contributed by atoms with Crippen LogP contribution < -0.4 is 10.6 Å². The van der Waals surface area contributed by atoms with Gasteiger partial charge in [-0.1, -0.05) is 0 Å². The van der Waals surface area contributed by atoms with Crippen LogP contribution in [0.5, 0.6) is 0 Å². The molecule has 0 aliphatic carbocycles. The third kappa shape index (κ3) is 4.67. The molecule has 3 N–H and O–H groups in total. The van der Waals surface area contributed by atoms with Crippen LogP contribution in [0, 0.1) is 22.6 Å². The van der Waals surface area contributed by atoms with E-state index < -0.39 is 11.7 Å². The number of imidazole rings is 1. The Morgan fingerprint density at radius 3 is 2.67 bits per heavy atom. The van der Waals surface area contributed by atoms with Crippen LogP contribution in [-0.2, 0) is 14.3 Å². The van der Waals surface area contributed by atoms with E-state index in [9.17, 15) is 9.18 Å². The van der Waals surface area contributed by atoms with E-state index in [4.69, 9.17) is 14.7 Å². The number of ether oxygens (including phenoxy) is 2. The Balaban J connectivity index is 1.69. The first-order valence-electron chi connectivity index (χ1n) is 10.2. The highest BCUT2D eigenvalue weighted by Crippen LogP contribution is 2.35. The zero-order valence-corrected chi connectivity index (χ0v) is 18.1. The maximum Gasteiger partial charge on any atom is 0.230 e. The van der Waals surface area contributed by atoms with Crippen molar-refractivity contribution in [3.8, 4) is 28.7 Å². The monoisotopic (exact) mass is 451 g/mol. The van der Waals surface area contributed by atoms with E-state index in [1.165, 1.54) is 12.1 Å². The Kier molecular flexibility index (Phi) is 6.30.